The number of aromatic nitrogens is 1. The molecule has 5 N–H and O–H groups in total. The number of primary amides is 1. The van der Waals surface area contributed by atoms with Crippen molar-refractivity contribution in [2.24, 2.45) is 5.73 Å². The summed E-state index contributed by atoms with van der Waals surface area (Å²) >= 11 is 0. The first-order chi connectivity index (χ1) is 17.9. The smallest absolute Gasteiger partial charge is 0.267 e. The van der Waals surface area contributed by atoms with Crippen molar-refractivity contribution in [3.8, 4) is 0 Å². The topological polar surface area (TPSA) is 120 Å². The van der Waals surface area contributed by atoms with Crippen LogP contribution in [0.4, 0.5) is 5.69 Å². The van der Waals surface area contributed by atoms with Crippen LogP contribution < -0.4 is 16.4 Å². The third-order valence-electron chi connectivity index (χ3n) is 6.33. The summed E-state index contributed by atoms with van der Waals surface area (Å²) in [5.41, 5.74) is 11.6. The van der Waals surface area contributed by atoms with E-state index in [0.717, 1.165) is 47.2 Å². The molecule has 1 aliphatic heterocycles. The number of carbonyl (C=O) groups excluding carboxylic acids is 3. The lowest BCUT2D eigenvalue weighted by atomic mass is 9.99. The quantitative estimate of drug-likeness (QED) is 0.296. The average Bonchev–Trinajstić information content (AvgIpc) is 3.31. The fourth-order valence-electron chi connectivity index (χ4n) is 4.44. The van der Waals surface area contributed by atoms with Gasteiger partial charge in [0.05, 0.1) is 0 Å². The molecule has 0 aliphatic carbocycles. The molecule has 0 fully saturated rings. The Hall–Kier alpha value is -4.43. The Morgan fingerprint density at radius 3 is 2.61 bits per heavy atom. The van der Waals surface area contributed by atoms with Crippen molar-refractivity contribution in [1.82, 2.24) is 15.2 Å². The molecule has 8 nitrogen and oxygen atoms in total. The molecule has 0 atom stereocenters. The predicted molar refractivity (Wildman–Crippen MR) is 152 cm³/mol. The molecule has 5 rings (SSSR count). The van der Waals surface area contributed by atoms with E-state index in [4.69, 9.17) is 4.79 Å². The number of benzene rings is 3. The molecule has 0 unspecified atom stereocenters. The maximum Gasteiger partial charge on any atom is 0.267 e. The Labute approximate surface area is 223 Å². The van der Waals surface area contributed by atoms with Crippen molar-refractivity contribution >= 4 is 34.8 Å². The molecule has 0 saturated carbocycles. The lowest BCUT2D eigenvalue weighted by molar-refractivity contribution is -0.106. The van der Waals surface area contributed by atoms with Crippen LogP contribution in [0, 0.1) is 6.92 Å². The number of aromatic amines is 1. The fourth-order valence-corrected chi connectivity index (χ4v) is 4.44. The molecule has 4 aromatic rings. The zero-order valence-electron chi connectivity index (χ0n) is 21.0. The Balaban J connectivity index is 0.000000956. The Morgan fingerprint density at radius 1 is 1.03 bits per heavy atom. The normalized spacial score (nSPS) is 12.4. The number of aryl methyl sites for hydroxylation is 1. The van der Waals surface area contributed by atoms with Crippen molar-refractivity contribution < 1.29 is 14.4 Å². The monoisotopic (exact) mass is 513 g/mol. The molecule has 1 aromatic heterocycles. The average molecular weight is 514 g/mol. The molecule has 1 aliphatic rings. The summed E-state index contributed by atoms with van der Waals surface area (Å²) in [6, 6.07) is 21.4. The Kier molecular flexibility index (Phi) is 9.40. The van der Waals surface area contributed by atoms with E-state index in [1.165, 1.54) is 11.1 Å². The maximum atomic E-state index is 12.9. The Morgan fingerprint density at radius 2 is 1.82 bits per heavy atom. The van der Waals surface area contributed by atoms with Gasteiger partial charge in [-0.15, -0.1) is 0 Å². The predicted octanol–water partition coefficient (Wildman–Crippen LogP) is 4.38. The van der Waals surface area contributed by atoms with Gasteiger partial charge < -0.3 is 26.3 Å². The molecular weight excluding hydrogens is 478 g/mol. The highest BCUT2D eigenvalue weighted by Crippen LogP contribution is 2.22. The first-order valence-electron chi connectivity index (χ1n) is 12.1. The van der Waals surface area contributed by atoms with E-state index in [2.05, 4.69) is 45.4 Å². The minimum atomic E-state index is -0.178. The third-order valence-corrected chi connectivity index (χ3v) is 6.33. The highest BCUT2D eigenvalue weighted by Gasteiger charge is 2.15. The standard InChI is InChI=1S/C28H28N4O2.CH3NO.CH4/c1-18-6-7-21-15-26(31-25(21)12-18)28(34)29-16-19-4-3-5-22(13-19)27(33)30-24-9-8-20-10-11-32(2)17-23(20)14-24;2-1-3;/h3-9,12-15,31H,10-11,16-17H2,1-2H3,(H,29,34)(H,30,33);1H,(H2,2,3);1H4. The number of hydrogen-bond acceptors (Lipinski definition) is 4. The van der Waals surface area contributed by atoms with Crippen molar-refractivity contribution in [3.63, 3.8) is 0 Å². The van der Waals surface area contributed by atoms with Crippen molar-refractivity contribution in [2.45, 2.75) is 33.9 Å². The zero-order valence-corrected chi connectivity index (χ0v) is 21.0. The largest absolute Gasteiger partial charge is 0.372 e. The van der Waals surface area contributed by atoms with E-state index in [-0.39, 0.29) is 25.7 Å². The number of nitrogens with one attached hydrogen (secondary N) is 3. The van der Waals surface area contributed by atoms with E-state index >= 15 is 0 Å². The van der Waals surface area contributed by atoms with Gasteiger partial charge in [-0.1, -0.05) is 37.8 Å². The molecule has 3 aromatic carbocycles. The highest BCUT2D eigenvalue weighted by atomic mass is 16.2. The summed E-state index contributed by atoms with van der Waals surface area (Å²) < 4.78 is 0. The third kappa shape index (κ3) is 6.86. The number of H-pyrrole nitrogens is 1. The SMILES string of the molecule is C.Cc1ccc2cc(C(=O)NCc3cccc(C(=O)Nc4ccc5c(c4)CN(C)CC5)c3)[nH]c2c1.NC=O. The van der Waals surface area contributed by atoms with Gasteiger partial charge in [0.2, 0.25) is 6.41 Å². The summed E-state index contributed by atoms with van der Waals surface area (Å²) in [7, 11) is 2.11. The number of fused-ring (bicyclic) bond motifs is 2. The van der Waals surface area contributed by atoms with Crippen LogP contribution in [0.15, 0.2) is 66.7 Å². The van der Waals surface area contributed by atoms with Gasteiger partial charge in [0.1, 0.15) is 5.69 Å². The Bertz CT molecular complexity index is 1440. The highest BCUT2D eigenvalue weighted by molar-refractivity contribution is 6.04. The van der Waals surface area contributed by atoms with Gasteiger partial charge >= 0.3 is 0 Å². The molecule has 38 heavy (non-hydrogen) atoms. The van der Waals surface area contributed by atoms with Gasteiger partial charge in [0, 0.05) is 41.8 Å². The molecule has 3 amide bonds. The number of amides is 3. The van der Waals surface area contributed by atoms with Gasteiger partial charge in [-0.3, -0.25) is 14.4 Å². The van der Waals surface area contributed by atoms with E-state index in [0.29, 0.717) is 17.8 Å². The summed E-state index contributed by atoms with van der Waals surface area (Å²) in [6.45, 7) is 4.30. The van der Waals surface area contributed by atoms with Crippen molar-refractivity contribution in [3.05, 3.63) is 100 Å². The van der Waals surface area contributed by atoms with E-state index < -0.39 is 0 Å². The second kappa shape index (κ2) is 12.7. The molecule has 0 radical (unpaired) electrons. The summed E-state index contributed by atoms with van der Waals surface area (Å²) in [4.78, 5) is 39.6. The molecule has 2 heterocycles. The molecular formula is C30H35N5O3. The number of rotatable bonds is 5. The number of hydrogen-bond donors (Lipinski definition) is 4. The van der Waals surface area contributed by atoms with Crippen molar-refractivity contribution in [1.29, 1.82) is 0 Å². The maximum absolute atomic E-state index is 12.9. The first kappa shape index (κ1) is 28.1. The van der Waals surface area contributed by atoms with Crippen LogP contribution in [0.1, 0.15) is 50.5 Å². The zero-order chi connectivity index (χ0) is 26.4. The number of nitrogens with two attached hydrogens (primary N) is 1. The summed E-state index contributed by atoms with van der Waals surface area (Å²) in [5.74, 6) is -0.342. The molecule has 0 saturated heterocycles. The van der Waals surface area contributed by atoms with Gasteiger partial charge in [-0.2, -0.15) is 0 Å². The van der Waals surface area contributed by atoms with Crippen LogP contribution in [0.25, 0.3) is 10.9 Å². The van der Waals surface area contributed by atoms with Crippen LogP contribution in [0.5, 0.6) is 0 Å². The van der Waals surface area contributed by atoms with Gasteiger partial charge in [-0.25, -0.2) is 0 Å². The molecule has 0 spiro atoms. The minimum absolute atomic E-state index is 0. The molecule has 198 valence electrons. The van der Waals surface area contributed by atoms with Crippen molar-refractivity contribution in [2.75, 3.05) is 18.9 Å². The van der Waals surface area contributed by atoms with Crippen LogP contribution in [0.2, 0.25) is 0 Å². The molecule has 0 bridgehead atoms. The lowest BCUT2D eigenvalue weighted by Gasteiger charge is -2.25. The fraction of sp³-hybridized carbons (Fsp3) is 0.233. The number of carbonyl (C=O) groups is 3. The number of nitrogens with zero attached hydrogens (tertiary/aromatic N) is 1. The van der Waals surface area contributed by atoms with E-state index in [1.54, 1.807) is 6.07 Å². The molecule has 8 heteroatoms. The number of anilines is 1. The van der Waals surface area contributed by atoms with Gasteiger partial charge in [-0.05, 0) is 79.0 Å². The van der Waals surface area contributed by atoms with Gasteiger partial charge in [0.15, 0.2) is 0 Å². The second-order valence-corrected chi connectivity index (χ2v) is 9.22. The first-order valence-corrected chi connectivity index (χ1v) is 12.1. The number of likely N-dealkylation sites (N-methyl/N-ethyl adjacent to an activating group) is 1. The van der Waals surface area contributed by atoms with E-state index in [9.17, 15) is 9.59 Å². The van der Waals surface area contributed by atoms with Crippen LogP contribution >= 0.6 is 0 Å². The van der Waals surface area contributed by atoms with Crippen LogP contribution in [-0.2, 0) is 24.3 Å². The second-order valence-electron chi connectivity index (χ2n) is 9.22. The van der Waals surface area contributed by atoms with Crippen LogP contribution in [0.3, 0.4) is 0 Å². The lowest BCUT2D eigenvalue weighted by Crippen LogP contribution is -2.26. The van der Waals surface area contributed by atoms with Gasteiger partial charge in [0.25, 0.3) is 11.8 Å². The van der Waals surface area contributed by atoms with Crippen LogP contribution in [-0.4, -0.2) is 41.7 Å². The van der Waals surface area contributed by atoms with E-state index in [1.807, 2.05) is 55.5 Å². The summed E-state index contributed by atoms with van der Waals surface area (Å²) in [6.07, 6.45) is 1.28. The minimum Gasteiger partial charge on any atom is -0.372 e. The summed E-state index contributed by atoms with van der Waals surface area (Å²) in [5, 5.41) is 6.95.